The molecule has 0 radical (unpaired) electrons. The molecule has 17 heavy (non-hydrogen) atoms. The van der Waals surface area contributed by atoms with Crippen LogP contribution in [0.5, 0.6) is 0 Å². The van der Waals surface area contributed by atoms with Crippen molar-refractivity contribution in [2.45, 2.75) is 6.92 Å². The fourth-order valence-electron chi connectivity index (χ4n) is 1.38. The van der Waals surface area contributed by atoms with Gasteiger partial charge in [-0.05, 0) is 18.6 Å². The van der Waals surface area contributed by atoms with Gasteiger partial charge in [-0.1, -0.05) is 6.07 Å². The fourth-order valence-corrected chi connectivity index (χ4v) is 1.38. The molecule has 7 nitrogen and oxygen atoms in total. The number of aryl methyl sites for hydroxylation is 1. The normalized spacial score (nSPS) is 10.3. The maximum absolute atomic E-state index is 11.4. The summed E-state index contributed by atoms with van der Waals surface area (Å²) < 4.78 is 0. The number of rotatable bonds is 2. The zero-order valence-corrected chi connectivity index (χ0v) is 9.51. The lowest BCUT2D eigenvalue weighted by Gasteiger charge is -2.10. The topological polar surface area (TPSA) is 101 Å². The molecule has 2 aromatic rings. The summed E-state index contributed by atoms with van der Waals surface area (Å²) in [5.41, 5.74) is 1.01. The van der Waals surface area contributed by atoms with E-state index in [0.717, 1.165) is 5.56 Å². The lowest BCUT2D eigenvalue weighted by molar-refractivity contribution is 0.882. The number of hydrogen-bond donors (Lipinski definition) is 2. The second-order valence-corrected chi connectivity index (χ2v) is 3.58. The van der Waals surface area contributed by atoms with Crippen LogP contribution in [0, 0.1) is 6.92 Å². The quantitative estimate of drug-likeness (QED) is 0.551. The van der Waals surface area contributed by atoms with Crippen LogP contribution in [-0.4, -0.2) is 27.0 Å². The van der Waals surface area contributed by atoms with Crippen LogP contribution < -0.4 is 16.5 Å². The SMILES string of the molecule is Cc1cccnc1-c1nc(N(C)N)nc(=O)[nH]1. The number of nitrogens with two attached hydrogens (primary N) is 1. The molecule has 0 saturated heterocycles. The van der Waals surface area contributed by atoms with E-state index in [1.165, 1.54) is 5.01 Å². The monoisotopic (exact) mass is 232 g/mol. The van der Waals surface area contributed by atoms with Crippen LogP contribution in [0.4, 0.5) is 5.95 Å². The number of nitrogens with one attached hydrogen (secondary N) is 1. The average Bonchev–Trinajstić information content (AvgIpc) is 2.28. The number of aromatic amines is 1. The van der Waals surface area contributed by atoms with Crippen molar-refractivity contribution in [3.63, 3.8) is 0 Å². The maximum atomic E-state index is 11.4. The maximum Gasteiger partial charge on any atom is 0.349 e. The Morgan fingerprint density at radius 3 is 2.82 bits per heavy atom. The van der Waals surface area contributed by atoms with Crippen molar-refractivity contribution in [2.75, 3.05) is 12.1 Å². The molecule has 0 bridgehead atoms. The number of H-pyrrole nitrogens is 1. The minimum absolute atomic E-state index is 0.147. The van der Waals surface area contributed by atoms with E-state index in [9.17, 15) is 4.79 Å². The number of aromatic nitrogens is 4. The van der Waals surface area contributed by atoms with Crippen LogP contribution in [0.15, 0.2) is 23.1 Å². The minimum Gasteiger partial charge on any atom is -0.288 e. The largest absolute Gasteiger partial charge is 0.349 e. The highest BCUT2D eigenvalue weighted by molar-refractivity contribution is 5.54. The van der Waals surface area contributed by atoms with Gasteiger partial charge in [0.2, 0.25) is 5.95 Å². The first-order valence-electron chi connectivity index (χ1n) is 4.96. The molecule has 2 rings (SSSR count). The highest BCUT2D eigenvalue weighted by atomic mass is 16.1. The predicted molar refractivity (Wildman–Crippen MR) is 63.2 cm³/mol. The van der Waals surface area contributed by atoms with Crippen LogP contribution in [0.3, 0.4) is 0 Å². The Hall–Kier alpha value is -2.28. The molecule has 0 aliphatic carbocycles. The zero-order chi connectivity index (χ0) is 12.4. The molecule has 7 heteroatoms. The summed E-state index contributed by atoms with van der Waals surface area (Å²) in [5, 5.41) is 1.18. The third-order valence-corrected chi connectivity index (χ3v) is 2.19. The standard InChI is InChI=1S/C10H12N6O/c1-6-4-3-5-12-7(6)8-13-9(16(2)11)15-10(17)14-8/h3-5H,11H2,1-2H3,(H,13,14,15,17). The van der Waals surface area contributed by atoms with Crippen molar-refractivity contribution in [1.82, 2.24) is 19.9 Å². The third kappa shape index (κ3) is 2.28. The molecule has 2 aromatic heterocycles. The summed E-state index contributed by atoms with van der Waals surface area (Å²) in [6.45, 7) is 1.88. The average molecular weight is 232 g/mol. The minimum atomic E-state index is -0.507. The van der Waals surface area contributed by atoms with Crippen LogP contribution in [-0.2, 0) is 0 Å². The van der Waals surface area contributed by atoms with Crippen molar-refractivity contribution >= 4 is 5.95 Å². The Labute approximate surface area is 97.3 Å². The molecule has 0 aliphatic heterocycles. The molecule has 0 aliphatic rings. The van der Waals surface area contributed by atoms with Gasteiger partial charge < -0.3 is 0 Å². The fraction of sp³-hybridized carbons (Fsp3) is 0.200. The molecular weight excluding hydrogens is 220 g/mol. The highest BCUT2D eigenvalue weighted by Crippen LogP contribution is 2.15. The summed E-state index contributed by atoms with van der Waals surface area (Å²) >= 11 is 0. The molecule has 0 atom stereocenters. The van der Waals surface area contributed by atoms with E-state index in [1.807, 2.05) is 19.1 Å². The first-order valence-corrected chi connectivity index (χ1v) is 4.96. The van der Waals surface area contributed by atoms with Crippen LogP contribution in [0.2, 0.25) is 0 Å². The summed E-state index contributed by atoms with van der Waals surface area (Å²) in [5.74, 6) is 6.01. The van der Waals surface area contributed by atoms with E-state index in [4.69, 9.17) is 5.84 Å². The molecule has 0 amide bonds. The summed E-state index contributed by atoms with van der Waals surface area (Å²) in [4.78, 5) is 25.9. The zero-order valence-electron chi connectivity index (χ0n) is 9.51. The van der Waals surface area contributed by atoms with Gasteiger partial charge in [0.15, 0.2) is 5.82 Å². The molecule has 3 N–H and O–H groups in total. The molecule has 0 aromatic carbocycles. The molecule has 0 spiro atoms. The van der Waals surface area contributed by atoms with Crippen LogP contribution in [0.25, 0.3) is 11.5 Å². The van der Waals surface area contributed by atoms with Gasteiger partial charge in [0.25, 0.3) is 0 Å². The summed E-state index contributed by atoms with van der Waals surface area (Å²) in [6, 6.07) is 3.70. The Bertz CT molecular complexity index is 591. The van der Waals surface area contributed by atoms with Crippen molar-refractivity contribution < 1.29 is 0 Å². The van der Waals surface area contributed by atoms with Gasteiger partial charge in [-0.25, -0.2) is 10.6 Å². The predicted octanol–water partition coefficient (Wildman–Crippen LogP) is -0.155. The lowest BCUT2D eigenvalue weighted by atomic mass is 10.2. The number of nitrogens with zero attached hydrogens (tertiary/aromatic N) is 4. The second-order valence-electron chi connectivity index (χ2n) is 3.58. The van der Waals surface area contributed by atoms with E-state index in [0.29, 0.717) is 11.5 Å². The summed E-state index contributed by atoms with van der Waals surface area (Å²) in [6.07, 6.45) is 1.63. The van der Waals surface area contributed by atoms with Gasteiger partial charge in [-0.15, -0.1) is 0 Å². The van der Waals surface area contributed by atoms with Crippen molar-refractivity contribution in [3.05, 3.63) is 34.4 Å². The Balaban J connectivity index is 2.60. The van der Waals surface area contributed by atoms with Crippen molar-refractivity contribution in [2.24, 2.45) is 5.84 Å². The molecule has 88 valence electrons. The van der Waals surface area contributed by atoms with Gasteiger partial charge in [-0.3, -0.25) is 15.0 Å². The highest BCUT2D eigenvalue weighted by Gasteiger charge is 2.09. The smallest absolute Gasteiger partial charge is 0.288 e. The number of hydrazine groups is 1. The van der Waals surface area contributed by atoms with E-state index in [1.54, 1.807) is 13.2 Å². The van der Waals surface area contributed by atoms with Crippen molar-refractivity contribution in [3.8, 4) is 11.5 Å². The Morgan fingerprint density at radius 2 is 2.18 bits per heavy atom. The number of hydrogen-bond acceptors (Lipinski definition) is 6. The second kappa shape index (κ2) is 4.30. The summed E-state index contributed by atoms with van der Waals surface area (Å²) in [7, 11) is 1.56. The van der Waals surface area contributed by atoms with Gasteiger partial charge in [0, 0.05) is 13.2 Å². The lowest BCUT2D eigenvalue weighted by Crippen LogP contribution is -2.30. The van der Waals surface area contributed by atoms with Gasteiger partial charge in [0.1, 0.15) is 5.69 Å². The van der Waals surface area contributed by atoms with E-state index in [2.05, 4.69) is 19.9 Å². The number of pyridine rings is 1. The van der Waals surface area contributed by atoms with Crippen LogP contribution >= 0.6 is 0 Å². The van der Waals surface area contributed by atoms with Crippen molar-refractivity contribution in [1.29, 1.82) is 0 Å². The van der Waals surface area contributed by atoms with E-state index in [-0.39, 0.29) is 5.95 Å². The molecule has 0 fully saturated rings. The van der Waals surface area contributed by atoms with Gasteiger partial charge in [-0.2, -0.15) is 9.97 Å². The number of anilines is 1. The van der Waals surface area contributed by atoms with Gasteiger partial charge in [0.05, 0.1) is 0 Å². The molecule has 0 saturated carbocycles. The van der Waals surface area contributed by atoms with Gasteiger partial charge >= 0.3 is 5.69 Å². The van der Waals surface area contributed by atoms with E-state index >= 15 is 0 Å². The molecule has 0 unspecified atom stereocenters. The Kier molecular flexibility index (Phi) is 2.84. The third-order valence-electron chi connectivity index (χ3n) is 2.19. The molecule has 2 heterocycles. The van der Waals surface area contributed by atoms with Crippen LogP contribution in [0.1, 0.15) is 5.56 Å². The first-order chi connectivity index (χ1) is 8.08. The first kappa shape index (κ1) is 11.2. The molecular formula is C10H12N6O. The van der Waals surface area contributed by atoms with E-state index < -0.39 is 5.69 Å². The Morgan fingerprint density at radius 1 is 1.41 bits per heavy atom.